The van der Waals surface area contributed by atoms with Crippen LogP contribution in [0.5, 0.6) is 0 Å². The highest BCUT2D eigenvalue weighted by Crippen LogP contribution is 2.28. The number of halogens is 1. The van der Waals surface area contributed by atoms with Gasteiger partial charge >= 0.3 is 0 Å². The molecule has 2 saturated heterocycles. The second kappa shape index (κ2) is 6.73. The predicted octanol–water partition coefficient (Wildman–Crippen LogP) is 1.46. The van der Waals surface area contributed by atoms with Crippen LogP contribution in [0.25, 0.3) is 0 Å². The van der Waals surface area contributed by atoms with Crippen molar-refractivity contribution in [3.05, 3.63) is 29.6 Å². The first-order valence-electron chi connectivity index (χ1n) is 7.78. The Morgan fingerprint density at radius 2 is 2.10 bits per heavy atom. The summed E-state index contributed by atoms with van der Waals surface area (Å²) >= 11 is 0. The van der Waals surface area contributed by atoms with Gasteiger partial charge in [-0.2, -0.15) is 0 Å². The molecule has 0 spiro atoms. The van der Waals surface area contributed by atoms with Gasteiger partial charge in [-0.3, -0.25) is 4.90 Å². The van der Waals surface area contributed by atoms with Gasteiger partial charge in [-0.1, -0.05) is 6.07 Å². The molecule has 1 N–H and O–H groups in total. The Balaban J connectivity index is 1.72. The van der Waals surface area contributed by atoms with Gasteiger partial charge in [-0.25, -0.2) is 4.39 Å². The summed E-state index contributed by atoms with van der Waals surface area (Å²) < 4.78 is 19.5. The molecule has 116 valence electrons. The highest BCUT2D eigenvalue weighted by Gasteiger charge is 2.30. The van der Waals surface area contributed by atoms with Gasteiger partial charge in [0.05, 0.1) is 13.2 Å². The molecule has 2 aliphatic rings. The summed E-state index contributed by atoms with van der Waals surface area (Å²) in [5.41, 5.74) is 1.82. The molecule has 4 nitrogen and oxygen atoms in total. The molecule has 1 aromatic rings. The molecule has 0 bridgehead atoms. The molecule has 5 heteroatoms. The Morgan fingerprint density at radius 3 is 2.86 bits per heavy atom. The minimum atomic E-state index is -0.114. The maximum atomic E-state index is 14.0. The Hall–Kier alpha value is -1.17. The molecule has 0 aliphatic carbocycles. The van der Waals surface area contributed by atoms with E-state index >= 15 is 0 Å². The van der Waals surface area contributed by atoms with Crippen LogP contribution in [-0.4, -0.2) is 57.4 Å². The zero-order valence-corrected chi connectivity index (χ0v) is 12.6. The van der Waals surface area contributed by atoms with Gasteiger partial charge in [0.25, 0.3) is 0 Å². The molecule has 2 aliphatic heterocycles. The van der Waals surface area contributed by atoms with Crippen molar-refractivity contribution in [1.29, 1.82) is 0 Å². The van der Waals surface area contributed by atoms with Crippen molar-refractivity contribution in [2.75, 3.05) is 51.3 Å². The van der Waals surface area contributed by atoms with Crippen LogP contribution in [0.3, 0.4) is 0 Å². The molecule has 0 radical (unpaired) electrons. The Bertz CT molecular complexity index is 477. The minimum absolute atomic E-state index is 0.114. The molecule has 1 unspecified atom stereocenters. The number of morpholine rings is 1. The summed E-state index contributed by atoms with van der Waals surface area (Å²) in [5, 5.41) is 3.07. The van der Waals surface area contributed by atoms with Gasteiger partial charge in [-0.05, 0) is 25.6 Å². The van der Waals surface area contributed by atoms with Crippen molar-refractivity contribution >= 4 is 5.69 Å². The van der Waals surface area contributed by atoms with Gasteiger partial charge in [0.15, 0.2) is 0 Å². The normalized spacial score (nSPS) is 23.7. The second-order valence-electron chi connectivity index (χ2n) is 5.80. The van der Waals surface area contributed by atoms with Crippen LogP contribution in [-0.2, 0) is 11.3 Å². The van der Waals surface area contributed by atoms with Crippen LogP contribution in [0.1, 0.15) is 12.0 Å². The van der Waals surface area contributed by atoms with Crippen LogP contribution in [0, 0.1) is 5.82 Å². The number of hydrogen-bond acceptors (Lipinski definition) is 4. The smallest absolute Gasteiger partial charge is 0.129 e. The van der Waals surface area contributed by atoms with E-state index in [1.54, 1.807) is 6.07 Å². The van der Waals surface area contributed by atoms with Gasteiger partial charge in [-0.15, -0.1) is 0 Å². The molecule has 1 atom stereocenters. The third-order valence-electron chi connectivity index (χ3n) is 4.51. The average Bonchev–Trinajstić information content (AvgIpc) is 3.00. The lowest BCUT2D eigenvalue weighted by molar-refractivity contribution is 0.0209. The van der Waals surface area contributed by atoms with E-state index in [4.69, 9.17) is 4.74 Å². The van der Waals surface area contributed by atoms with Gasteiger partial charge in [0, 0.05) is 50.0 Å². The number of hydrogen-bond donors (Lipinski definition) is 1. The summed E-state index contributed by atoms with van der Waals surface area (Å²) in [6.07, 6.45) is 1.15. The first kappa shape index (κ1) is 14.8. The third-order valence-corrected chi connectivity index (χ3v) is 4.51. The van der Waals surface area contributed by atoms with Crippen molar-refractivity contribution in [3.8, 4) is 0 Å². The van der Waals surface area contributed by atoms with E-state index in [1.165, 1.54) is 0 Å². The SMILES string of the molecule is CNCc1c(F)cccc1N1CCC(N2CCOCC2)C1. The quantitative estimate of drug-likeness (QED) is 0.909. The van der Waals surface area contributed by atoms with Crippen molar-refractivity contribution in [2.24, 2.45) is 0 Å². The molecule has 0 saturated carbocycles. The molecular formula is C16H24FN3O. The zero-order chi connectivity index (χ0) is 14.7. The van der Waals surface area contributed by atoms with E-state index < -0.39 is 0 Å². The lowest BCUT2D eigenvalue weighted by atomic mass is 10.1. The molecule has 3 rings (SSSR count). The number of nitrogens with zero attached hydrogens (tertiary/aromatic N) is 2. The van der Waals surface area contributed by atoms with Gasteiger partial charge in [0.1, 0.15) is 5.82 Å². The number of anilines is 1. The van der Waals surface area contributed by atoms with Crippen LogP contribution >= 0.6 is 0 Å². The molecular weight excluding hydrogens is 269 g/mol. The number of nitrogens with one attached hydrogen (secondary N) is 1. The van der Waals surface area contributed by atoms with Crippen LogP contribution in [0.15, 0.2) is 18.2 Å². The fourth-order valence-corrected chi connectivity index (χ4v) is 3.40. The van der Waals surface area contributed by atoms with E-state index in [0.29, 0.717) is 12.6 Å². The number of benzene rings is 1. The largest absolute Gasteiger partial charge is 0.379 e. The van der Waals surface area contributed by atoms with E-state index in [1.807, 2.05) is 19.2 Å². The lowest BCUT2D eigenvalue weighted by Gasteiger charge is -2.32. The van der Waals surface area contributed by atoms with E-state index in [9.17, 15) is 4.39 Å². The summed E-state index contributed by atoms with van der Waals surface area (Å²) in [5.74, 6) is -0.114. The van der Waals surface area contributed by atoms with Crippen molar-refractivity contribution < 1.29 is 9.13 Å². The van der Waals surface area contributed by atoms with Gasteiger partial charge < -0.3 is 15.0 Å². The Labute approximate surface area is 125 Å². The monoisotopic (exact) mass is 293 g/mol. The standard InChI is InChI=1S/C16H24FN3O/c1-18-11-14-15(17)3-2-4-16(14)20-6-5-13(12-20)19-7-9-21-10-8-19/h2-4,13,18H,5-12H2,1H3. The fourth-order valence-electron chi connectivity index (χ4n) is 3.40. The highest BCUT2D eigenvalue weighted by molar-refractivity contribution is 5.55. The van der Waals surface area contributed by atoms with Crippen LogP contribution < -0.4 is 10.2 Å². The van der Waals surface area contributed by atoms with Crippen molar-refractivity contribution in [2.45, 2.75) is 19.0 Å². The van der Waals surface area contributed by atoms with Crippen LogP contribution in [0.4, 0.5) is 10.1 Å². The molecule has 2 heterocycles. The van der Waals surface area contributed by atoms with Crippen LogP contribution in [0.2, 0.25) is 0 Å². The lowest BCUT2D eigenvalue weighted by Crippen LogP contribution is -2.44. The second-order valence-corrected chi connectivity index (χ2v) is 5.80. The topological polar surface area (TPSA) is 27.7 Å². The van der Waals surface area contributed by atoms with Crippen molar-refractivity contribution in [3.63, 3.8) is 0 Å². The molecule has 1 aromatic carbocycles. The Morgan fingerprint density at radius 1 is 1.29 bits per heavy atom. The van der Waals surface area contributed by atoms with E-state index in [0.717, 1.165) is 57.1 Å². The number of rotatable bonds is 4. The Kier molecular flexibility index (Phi) is 4.73. The fraction of sp³-hybridized carbons (Fsp3) is 0.625. The summed E-state index contributed by atoms with van der Waals surface area (Å²) in [6.45, 7) is 6.27. The maximum Gasteiger partial charge on any atom is 0.129 e. The molecule has 21 heavy (non-hydrogen) atoms. The molecule has 0 aromatic heterocycles. The van der Waals surface area contributed by atoms with Gasteiger partial charge in [0.2, 0.25) is 0 Å². The number of ether oxygens (including phenoxy) is 1. The van der Waals surface area contributed by atoms with E-state index in [2.05, 4.69) is 15.1 Å². The first-order valence-corrected chi connectivity index (χ1v) is 7.78. The summed E-state index contributed by atoms with van der Waals surface area (Å²) in [7, 11) is 1.86. The summed E-state index contributed by atoms with van der Waals surface area (Å²) in [6, 6.07) is 5.97. The molecule has 2 fully saturated rings. The van der Waals surface area contributed by atoms with Crippen molar-refractivity contribution in [1.82, 2.24) is 10.2 Å². The maximum absolute atomic E-state index is 14.0. The predicted molar refractivity (Wildman–Crippen MR) is 82.2 cm³/mol. The molecule has 0 amide bonds. The minimum Gasteiger partial charge on any atom is -0.379 e. The van der Waals surface area contributed by atoms with E-state index in [-0.39, 0.29) is 5.82 Å². The average molecular weight is 293 g/mol. The first-order chi connectivity index (χ1) is 10.3. The zero-order valence-electron chi connectivity index (χ0n) is 12.6. The summed E-state index contributed by atoms with van der Waals surface area (Å²) in [4.78, 5) is 4.84. The highest BCUT2D eigenvalue weighted by atomic mass is 19.1. The third kappa shape index (κ3) is 3.20.